The zero-order chi connectivity index (χ0) is 14.8. The molecule has 1 fully saturated rings. The summed E-state index contributed by atoms with van der Waals surface area (Å²) in [5, 5.41) is 3.08. The molecule has 6 heteroatoms. The lowest BCUT2D eigenvalue weighted by Crippen LogP contribution is -2.26. The summed E-state index contributed by atoms with van der Waals surface area (Å²) in [5.41, 5.74) is -0.0492. The maximum Gasteiger partial charge on any atom is 0.263 e. The smallest absolute Gasteiger partial charge is 0.263 e. The number of carbonyl (C=O) groups excluding carboxylic acids is 1. The van der Waals surface area contributed by atoms with E-state index in [2.05, 4.69) is 11.6 Å². The van der Waals surface area contributed by atoms with Gasteiger partial charge in [0.2, 0.25) is 0 Å². The predicted octanol–water partition coefficient (Wildman–Crippen LogP) is 3.25. The third-order valence-electron chi connectivity index (χ3n) is 3.61. The average Bonchev–Trinajstić information content (AvgIpc) is 2.94. The molecule has 1 aliphatic rings. The van der Waals surface area contributed by atoms with Crippen molar-refractivity contribution in [2.24, 2.45) is 0 Å². The standard InChI is InChI=1S/C15H16N2O2S2/c1-2-8-17-14(19)10-7-9-20-13(10)16-15(17)21-12-6-4-3-5-11(12)18/h2,7,9,12H,1,3-6,8H2. The Balaban J connectivity index is 2.03. The van der Waals surface area contributed by atoms with Crippen molar-refractivity contribution in [2.45, 2.75) is 42.6 Å². The monoisotopic (exact) mass is 320 g/mol. The van der Waals surface area contributed by atoms with Gasteiger partial charge in [-0.2, -0.15) is 0 Å². The minimum Gasteiger partial charge on any atom is -0.298 e. The molecule has 2 aromatic rings. The number of hydrogen-bond donors (Lipinski definition) is 0. The number of thiophene rings is 1. The number of carbonyl (C=O) groups is 1. The second-order valence-corrected chi connectivity index (χ2v) is 7.12. The molecule has 1 saturated carbocycles. The first-order valence-corrected chi connectivity index (χ1v) is 8.75. The third kappa shape index (κ3) is 2.82. The van der Waals surface area contributed by atoms with Crippen molar-refractivity contribution in [3.63, 3.8) is 0 Å². The largest absolute Gasteiger partial charge is 0.298 e. The molecule has 0 N–H and O–H groups in total. The van der Waals surface area contributed by atoms with E-state index in [1.807, 2.05) is 5.38 Å². The molecule has 0 radical (unpaired) electrons. The van der Waals surface area contributed by atoms with Crippen LogP contribution in [-0.2, 0) is 11.3 Å². The highest BCUT2D eigenvalue weighted by molar-refractivity contribution is 8.00. The number of hydrogen-bond acceptors (Lipinski definition) is 5. The molecule has 3 rings (SSSR count). The summed E-state index contributed by atoms with van der Waals surface area (Å²) in [5.74, 6) is 0.275. The van der Waals surface area contributed by atoms with Crippen LogP contribution in [-0.4, -0.2) is 20.6 Å². The number of fused-ring (bicyclic) bond motifs is 1. The van der Waals surface area contributed by atoms with Crippen LogP contribution in [0.15, 0.2) is 34.1 Å². The molecule has 1 unspecified atom stereocenters. The van der Waals surface area contributed by atoms with Crippen LogP contribution in [0.4, 0.5) is 0 Å². The number of thioether (sulfide) groups is 1. The van der Waals surface area contributed by atoms with Gasteiger partial charge in [0.05, 0.1) is 10.6 Å². The Hall–Kier alpha value is -1.40. The van der Waals surface area contributed by atoms with E-state index in [1.165, 1.54) is 23.1 Å². The van der Waals surface area contributed by atoms with Crippen molar-refractivity contribution in [1.82, 2.24) is 9.55 Å². The average molecular weight is 320 g/mol. The minimum atomic E-state index is -0.0703. The lowest BCUT2D eigenvalue weighted by molar-refractivity contribution is -0.119. The topological polar surface area (TPSA) is 52.0 Å². The molecule has 1 aliphatic carbocycles. The molecular formula is C15H16N2O2S2. The Morgan fingerprint density at radius 2 is 2.33 bits per heavy atom. The molecule has 0 bridgehead atoms. The quantitative estimate of drug-likeness (QED) is 0.641. The highest BCUT2D eigenvalue weighted by atomic mass is 32.2. The number of ketones is 1. The van der Waals surface area contributed by atoms with E-state index < -0.39 is 0 Å². The van der Waals surface area contributed by atoms with Crippen LogP contribution >= 0.6 is 23.1 Å². The van der Waals surface area contributed by atoms with E-state index in [4.69, 9.17) is 0 Å². The summed E-state index contributed by atoms with van der Waals surface area (Å²) in [6.45, 7) is 4.12. The number of aromatic nitrogens is 2. The molecule has 21 heavy (non-hydrogen) atoms. The summed E-state index contributed by atoms with van der Waals surface area (Å²) in [4.78, 5) is 29.8. The second kappa shape index (κ2) is 6.15. The van der Waals surface area contributed by atoms with Crippen LogP contribution in [0.5, 0.6) is 0 Å². The van der Waals surface area contributed by atoms with Gasteiger partial charge in [0.1, 0.15) is 10.6 Å². The third-order valence-corrected chi connectivity index (χ3v) is 5.72. The van der Waals surface area contributed by atoms with Gasteiger partial charge in [-0.25, -0.2) is 4.98 Å². The van der Waals surface area contributed by atoms with Crippen LogP contribution in [0, 0.1) is 0 Å². The molecule has 1 atom stereocenters. The Morgan fingerprint density at radius 1 is 1.48 bits per heavy atom. The van der Waals surface area contributed by atoms with Crippen molar-refractivity contribution < 1.29 is 4.79 Å². The maximum atomic E-state index is 12.5. The predicted molar refractivity (Wildman–Crippen MR) is 87.2 cm³/mol. The SMILES string of the molecule is C=CCn1c(SC2CCCCC2=O)nc2sccc2c1=O. The van der Waals surface area contributed by atoms with Gasteiger partial charge < -0.3 is 0 Å². The van der Waals surface area contributed by atoms with Gasteiger partial charge in [-0.05, 0) is 24.3 Å². The second-order valence-electron chi connectivity index (χ2n) is 5.06. The number of Topliss-reactive ketones (excluding diaryl/α,β-unsaturated/α-hetero) is 1. The van der Waals surface area contributed by atoms with Crippen molar-refractivity contribution in [3.05, 3.63) is 34.5 Å². The Labute approximate surface area is 130 Å². The molecule has 0 aromatic carbocycles. The van der Waals surface area contributed by atoms with E-state index in [0.717, 1.165) is 24.1 Å². The Morgan fingerprint density at radius 3 is 3.10 bits per heavy atom. The van der Waals surface area contributed by atoms with Crippen molar-refractivity contribution >= 4 is 39.1 Å². The number of nitrogens with zero attached hydrogens (tertiary/aromatic N) is 2. The summed E-state index contributed by atoms with van der Waals surface area (Å²) in [7, 11) is 0. The summed E-state index contributed by atoms with van der Waals surface area (Å²) in [6.07, 6.45) is 5.25. The summed E-state index contributed by atoms with van der Waals surface area (Å²) >= 11 is 2.89. The van der Waals surface area contributed by atoms with Gasteiger partial charge in [0, 0.05) is 13.0 Å². The zero-order valence-electron chi connectivity index (χ0n) is 11.6. The first kappa shape index (κ1) is 14.5. The van der Waals surface area contributed by atoms with E-state index >= 15 is 0 Å². The van der Waals surface area contributed by atoms with Gasteiger partial charge in [0.15, 0.2) is 5.16 Å². The lowest BCUT2D eigenvalue weighted by atomic mass is 9.99. The van der Waals surface area contributed by atoms with Gasteiger partial charge in [0.25, 0.3) is 5.56 Å². The Bertz CT molecular complexity index is 748. The van der Waals surface area contributed by atoms with E-state index in [-0.39, 0.29) is 16.6 Å². The highest BCUT2D eigenvalue weighted by Crippen LogP contribution is 2.31. The number of allylic oxidation sites excluding steroid dienone is 1. The maximum absolute atomic E-state index is 12.5. The van der Waals surface area contributed by atoms with Crippen LogP contribution in [0.2, 0.25) is 0 Å². The first-order chi connectivity index (χ1) is 10.2. The summed E-state index contributed by atoms with van der Waals surface area (Å²) in [6, 6.07) is 1.80. The van der Waals surface area contributed by atoms with Crippen LogP contribution in [0.3, 0.4) is 0 Å². The Kier molecular flexibility index (Phi) is 4.26. The van der Waals surface area contributed by atoms with Gasteiger partial charge in [-0.15, -0.1) is 17.9 Å². The fraction of sp³-hybridized carbons (Fsp3) is 0.400. The van der Waals surface area contributed by atoms with E-state index in [0.29, 0.717) is 23.5 Å². The fourth-order valence-electron chi connectivity index (χ4n) is 2.51. The lowest BCUT2D eigenvalue weighted by Gasteiger charge is -2.20. The van der Waals surface area contributed by atoms with Crippen molar-refractivity contribution in [2.75, 3.05) is 0 Å². The van der Waals surface area contributed by atoms with Crippen molar-refractivity contribution in [1.29, 1.82) is 0 Å². The van der Waals surface area contributed by atoms with E-state index in [1.54, 1.807) is 16.7 Å². The molecule has 110 valence electrons. The molecular weight excluding hydrogens is 304 g/mol. The zero-order valence-corrected chi connectivity index (χ0v) is 13.2. The van der Waals surface area contributed by atoms with Gasteiger partial charge in [-0.3, -0.25) is 14.2 Å². The van der Waals surface area contributed by atoms with Crippen LogP contribution in [0.25, 0.3) is 10.2 Å². The molecule has 2 aromatic heterocycles. The normalized spacial score (nSPS) is 19.0. The number of rotatable bonds is 4. The molecule has 0 aliphatic heterocycles. The van der Waals surface area contributed by atoms with Crippen LogP contribution in [0.1, 0.15) is 25.7 Å². The molecule has 0 amide bonds. The molecule has 4 nitrogen and oxygen atoms in total. The van der Waals surface area contributed by atoms with Crippen molar-refractivity contribution in [3.8, 4) is 0 Å². The highest BCUT2D eigenvalue weighted by Gasteiger charge is 2.25. The van der Waals surface area contributed by atoms with Crippen LogP contribution < -0.4 is 5.56 Å². The first-order valence-electron chi connectivity index (χ1n) is 6.99. The fourth-order valence-corrected chi connectivity index (χ4v) is 4.54. The molecule has 0 spiro atoms. The van der Waals surface area contributed by atoms with E-state index in [9.17, 15) is 9.59 Å². The minimum absolute atomic E-state index is 0.0492. The van der Waals surface area contributed by atoms with Gasteiger partial charge in [-0.1, -0.05) is 24.3 Å². The summed E-state index contributed by atoms with van der Waals surface area (Å²) < 4.78 is 1.62. The molecule has 2 heterocycles. The van der Waals surface area contributed by atoms with Gasteiger partial charge >= 0.3 is 0 Å². The molecule has 0 saturated heterocycles.